The maximum atomic E-state index is 12.0. The number of hydrogen-bond acceptors (Lipinski definition) is 3. The SMILES string of the molecule is COc1ccc([C@@H]2O[C@@H]2C(=O)C(C)(C)C)cc1. The third-order valence-electron chi connectivity index (χ3n) is 2.93. The van der Waals surface area contributed by atoms with E-state index in [9.17, 15) is 4.79 Å². The van der Waals surface area contributed by atoms with Crippen LogP contribution in [0.5, 0.6) is 5.75 Å². The van der Waals surface area contributed by atoms with Crippen molar-refractivity contribution in [2.24, 2.45) is 5.41 Å². The summed E-state index contributed by atoms with van der Waals surface area (Å²) in [6.07, 6.45) is -0.351. The third-order valence-corrected chi connectivity index (χ3v) is 2.93. The van der Waals surface area contributed by atoms with Gasteiger partial charge in [0.25, 0.3) is 0 Å². The second-order valence-corrected chi connectivity index (χ2v) is 5.36. The minimum Gasteiger partial charge on any atom is -0.497 e. The second kappa shape index (κ2) is 4.15. The summed E-state index contributed by atoms with van der Waals surface area (Å²) in [5.74, 6) is 0.978. The van der Waals surface area contributed by atoms with E-state index in [-0.39, 0.29) is 23.4 Å². The van der Waals surface area contributed by atoms with Crippen molar-refractivity contribution in [1.29, 1.82) is 0 Å². The number of rotatable bonds is 3. The largest absolute Gasteiger partial charge is 0.497 e. The molecule has 0 radical (unpaired) electrons. The normalized spacial score (nSPS) is 23.3. The molecule has 1 aromatic carbocycles. The van der Waals surface area contributed by atoms with Gasteiger partial charge < -0.3 is 9.47 Å². The minimum atomic E-state index is -0.341. The molecule has 3 heteroatoms. The number of hydrogen-bond donors (Lipinski definition) is 0. The van der Waals surface area contributed by atoms with E-state index in [1.807, 2.05) is 45.0 Å². The Morgan fingerprint density at radius 2 is 1.82 bits per heavy atom. The van der Waals surface area contributed by atoms with Crippen LogP contribution in [0.3, 0.4) is 0 Å². The lowest BCUT2D eigenvalue weighted by Crippen LogP contribution is -2.25. The number of benzene rings is 1. The van der Waals surface area contributed by atoms with Gasteiger partial charge in [-0.05, 0) is 17.7 Å². The first kappa shape index (κ1) is 12.1. The van der Waals surface area contributed by atoms with Gasteiger partial charge in [-0.3, -0.25) is 4.79 Å². The van der Waals surface area contributed by atoms with Crippen LogP contribution >= 0.6 is 0 Å². The van der Waals surface area contributed by atoms with Gasteiger partial charge in [0.2, 0.25) is 0 Å². The first-order valence-corrected chi connectivity index (χ1v) is 5.77. The van der Waals surface area contributed by atoms with Gasteiger partial charge in [-0.1, -0.05) is 32.9 Å². The molecule has 0 amide bonds. The van der Waals surface area contributed by atoms with Crippen LogP contribution in [0.25, 0.3) is 0 Å². The lowest BCUT2D eigenvalue weighted by molar-refractivity contribution is -0.127. The van der Waals surface area contributed by atoms with Gasteiger partial charge in [0.05, 0.1) is 7.11 Å². The fourth-order valence-corrected chi connectivity index (χ4v) is 1.79. The predicted octanol–water partition coefficient (Wildman–Crippen LogP) is 2.75. The molecule has 0 N–H and O–H groups in total. The average molecular weight is 234 g/mol. The first-order chi connectivity index (χ1) is 7.93. The third kappa shape index (κ3) is 2.50. The number of epoxide rings is 1. The van der Waals surface area contributed by atoms with Crippen LogP contribution in [0.15, 0.2) is 24.3 Å². The van der Waals surface area contributed by atoms with Gasteiger partial charge in [0.1, 0.15) is 18.0 Å². The number of Topliss-reactive ketones (excluding diaryl/α,β-unsaturated/α-hetero) is 1. The number of methoxy groups -OCH3 is 1. The monoisotopic (exact) mass is 234 g/mol. The Balaban J connectivity index is 2.05. The van der Waals surface area contributed by atoms with E-state index in [0.29, 0.717) is 0 Å². The highest BCUT2D eigenvalue weighted by molar-refractivity contribution is 5.90. The molecular weight excluding hydrogens is 216 g/mol. The summed E-state index contributed by atoms with van der Waals surface area (Å²) >= 11 is 0. The Labute approximate surface area is 102 Å². The van der Waals surface area contributed by atoms with Crippen molar-refractivity contribution in [3.05, 3.63) is 29.8 Å². The zero-order valence-electron chi connectivity index (χ0n) is 10.7. The van der Waals surface area contributed by atoms with Crippen molar-refractivity contribution in [2.45, 2.75) is 33.0 Å². The molecule has 1 fully saturated rings. The Bertz CT molecular complexity index is 414. The lowest BCUT2D eigenvalue weighted by Gasteiger charge is -2.14. The van der Waals surface area contributed by atoms with Crippen LogP contribution in [0.2, 0.25) is 0 Å². The summed E-state index contributed by atoms with van der Waals surface area (Å²) in [6.45, 7) is 5.76. The molecule has 0 unspecified atom stereocenters. The fourth-order valence-electron chi connectivity index (χ4n) is 1.79. The Morgan fingerprint density at radius 3 is 2.29 bits per heavy atom. The van der Waals surface area contributed by atoms with Crippen molar-refractivity contribution in [1.82, 2.24) is 0 Å². The zero-order valence-corrected chi connectivity index (χ0v) is 10.7. The molecule has 0 saturated carbocycles. The van der Waals surface area contributed by atoms with Crippen LogP contribution in [0.4, 0.5) is 0 Å². The molecule has 92 valence electrons. The molecule has 1 aliphatic heterocycles. The molecule has 1 saturated heterocycles. The molecule has 0 aromatic heterocycles. The average Bonchev–Trinajstić information content (AvgIpc) is 3.07. The van der Waals surface area contributed by atoms with E-state index < -0.39 is 0 Å². The summed E-state index contributed by atoms with van der Waals surface area (Å²) in [5, 5.41) is 0. The quantitative estimate of drug-likeness (QED) is 0.755. The van der Waals surface area contributed by atoms with E-state index in [1.165, 1.54) is 0 Å². The summed E-state index contributed by atoms with van der Waals surface area (Å²) in [4.78, 5) is 12.0. The highest BCUT2D eigenvalue weighted by Crippen LogP contribution is 2.42. The first-order valence-electron chi connectivity index (χ1n) is 5.77. The molecule has 3 nitrogen and oxygen atoms in total. The maximum Gasteiger partial charge on any atom is 0.169 e. The van der Waals surface area contributed by atoms with Crippen molar-refractivity contribution in [3.63, 3.8) is 0 Å². The fraction of sp³-hybridized carbons (Fsp3) is 0.500. The minimum absolute atomic E-state index is 0.0763. The molecule has 0 bridgehead atoms. The van der Waals surface area contributed by atoms with E-state index in [4.69, 9.17) is 9.47 Å². The Hall–Kier alpha value is -1.35. The van der Waals surface area contributed by atoms with Crippen molar-refractivity contribution in [2.75, 3.05) is 7.11 Å². The highest BCUT2D eigenvalue weighted by atomic mass is 16.6. The van der Waals surface area contributed by atoms with Gasteiger partial charge in [0, 0.05) is 5.41 Å². The van der Waals surface area contributed by atoms with Gasteiger partial charge in [-0.15, -0.1) is 0 Å². The number of carbonyl (C=O) groups is 1. The van der Waals surface area contributed by atoms with E-state index in [1.54, 1.807) is 7.11 Å². The van der Waals surface area contributed by atoms with Gasteiger partial charge >= 0.3 is 0 Å². The summed E-state index contributed by atoms with van der Waals surface area (Å²) in [5.41, 5.74) is 0.694. The van der Waals surface area contributed by atoms with Crippen LogP contribution in [-0.2, 0) is 9.53 Å². The molecule has 1 aliphatic rings. The van der Waals surface area contributed by atoms with Crippen molar-refractivity contribution < 1.29 is 14.3 Å². The molecule has 2 atom stereocenters. The highest BCUT2D eigenvalue weighted by Gasteiger charge is 2.49. The summed E-state index contributed by atoms with van der Waals surface area (Å²) in [6, 6.07) is 7.66. The molecule has 0 aliphatic carbocycles. The number of carbonyl (C=O) groups excluding carboxylic acids is 1. The van der Waals surface area contributed by atoms with E-state index in [2.05, 4.69) is 0 Å². The smallest absolute Gasteiger partial charge is 0.169 e. The maximum absolute atomic E-state index is 12.0. The number of ether oxygens (including phenoxy) is 2. The summed E-state index contributed by atoms with van der Waals surface area (Å²) < 4.78 is 10.6. The summed E-state index contributed by atoms with van der Waals surface area (Å²) in [7, 11) is 1.63. The van der Waals surface area contributed by atoms with Crippen LogP contribution in [-0.4, -0.2) is 19.0 Å². The molecule has 2 rings (SSSR count). The predicted molar refractivity (Wildman–Crippen MR) is 65.1 cm³/mol. The molecule has 1 heterocycles. The van der Waals surface area contributed by atoms with Crippen LogP contribution in [0, 0.1) is 5.41 Å². The standard InChI is InChI=1S/C14H18O3/c1-14(2,3)13(15)12-11(17-12)9-5-7-10(16-4)8-6-9/h5-8,11-12H,1-4H3/t11-,12-/m0/s1. The van der Waals surface area contributed by atoms with Crippen LogP contribution in [0.1, 0.15) is 32.4 Å². The zero-order chi connectivity index (χ0) is 12.6. The lowest BCUT2D eigenvalue weighted by atomic mass is 9.87. The second-order valence-electron chi connectivity index (χ2n) is 5.36. The molecular formula is C14H18O3. The van der Waals surface area contributed by atoms with Gasteiger partial charge in [-0.2, -0.15) is 0 Å². The molecule has 17 heavy (non-hydrogen) atoms. The molecule has 0 spiro atoms. The van der Waals surface area contributed by atoms with Crippen LogP contribution < -0.4 is 4.74 Å². The topological polar surface area (TPSA) is 38.8 Å². The Kier molecular flexibility index (Phi) is 2.96. The number of ketones is 1. The van der Waals surface area contributed by atoms with Gasteiger partial charge in [0.15, 0.2) is 5.78 Å². The van der Waals surface area contributed by atoms with Crippen molar-refractivity contribution >= 4 is 5.78 Å². The van der Waals surface area contributed by atoms with E-state index >= 15 is 0 Å². The van der Waals surface area contributed by atoms with Gasteiger partial charge in [-0.25, -0.2) is 0 Å². The Morgan fingerprint density at radius 1 is 1.24 bits per heavy atom. The van der Waals surface area contributed by atoms with Crippen molar-refractivity contribution in [3.8, 4) is 5.75 Å². The van der Waals surface area contributed by atoms with E-state index in [0.717, 1.165) is 11.3 Å². The molecule has 1 aromatic rings.